The summed E-state index contributed by atoms with van der Waals surface area (Å²) in [4.78, 5) is 18.4. The molecule has 0 unspecified atom stereocenters. The fourth-order valence-electron chi connectivity index (χ4n) is 6.98. The Balaban J connectivity index is 1.13. The Labute approximate surface area is 203 Å². The summed E-state index contributed by atoms with van der Waals surface area (Å²) in [5.74, 6) is 3.31. The maximum atomic E-state index is 12.9. The molecule has 4 aliphatic carbocycles. The zero-order valence-electron chi connectivity index (χ0n) is 19.4. The Bertz CT molecular complexity index is 1120. The summed E-state index contributed by atoms with van der Waals surface area (Å²) in [6.07, 6.45) is 11.1. The minimum Gasteiger partial charge on any atom is -0.496 e. The first kappa shape index (κ1) is 21.8. The molecule has 1 amide bonds. The molecule has 1 aromatic carbocycles. The fourth-order valence-corrected chi connectivity index (χ4v) is 7.22. The van der Waals surface area contributed by atoms with Gasteiger partial charge in [0.25, 0.3) is 5.91 Å². The molecular formula is C25H29ClN4O4. The molecule has 1 atom stereocenters. The Morgan fingerprint density at radius 2 is 1.79 bits per heavy atom. The van der Waals surface area contributed by atoms with E-state index in [1.54, 1.807) is 32.5 Å². The topological polar surface area (TPSA) is 87.0 Å². The number of carbonyl (C=O) groups is 1. The van der Waals surface area contributed by atoms with Gasteiger partial charge in [-0.1, -0.05) is 16.8 Å². The number of nitrogens with one attached hydrogen (secondary N) is 1. The number of benzene rings is 1. The van der Waals surface area contributed by atoms with Crippen LogP contribution < -0.4 is 14.8 Å². The number of ether oxygens (including phenoxy) is 2. The Morgan fingerprint density at radius 3 is 2.44 bits per heavy atom. The van der Waals surface area contributed by atoms with Gasteiger partial charge in [-0.3, -0.25) is 9.48 Å². The normalized spacial score (nSPS) is 31.2. The van der Waals surface area contributed by atoms with E-state index in [2.05, 4.69) is 20.3 Å². The summed E-state index contributed by atoms with van der Waals surface area (Å²) in [5, 5.41) is 12.2. The third kappa shape index (κ3) is 3.63. The molecule has 1 N–H and O–H groups in total. The summed E-state index contributed by atoms with van der Waals surface area (Å²) in [7, 11) is 3.11. The van der Waals surface area contributed by atoms with Gasteiger partial charge in [-0.05, 0) is 62.3 Å². The molecule has 7 rings (SSSR count). The van der Waals surface area contributed by atoms with Crippen molar-refractivity contribution < 1.29 is 19.1 Å². The zero-order valence-corrected chi connectivity index (χ0v) is 20.2. The third-order valence-corrected chi connectivity index (χ3v) is 8.38. The number of halogens is 1. The molecule has 8 nitrogen and oxygen atoms in total. The molecule has 4 saturated carbocycles. The number of aromatic nitrogens is 2. The lowest BCUT2D eigenvalue weighted by Gasteiger charge is -2.56. The van der Waals surface area contributed by atoms with Crippen molar-refractivity contribution in [2.24, 2.45) is 22.9 Å². The smallest absolute Gasteiger partial charge is 0.268 e. The van der Waals surface area contributed by atoms with Crippen LogP contribution in [0, 0.1) is 17.8 Å². The second kappa shape index (κ2) is 8.18. The van der Waals surface area contributed by atoms with Crippen LogP contribution in [0.5, 0.6) is 11.5 Å². The minimum absolute atomic E-state index is 0.127. The monoisotopic (exact) mass is 484 g/mol. The first-order valence-corrected chi connectivity index (χ1v) is 12.3. The van der Waals surface area contributed by atoms with E-state index in [0.29, 0.717) is 39.9 Å². The van der Waals surface area contributed by atoms with E-state index >= 15 is 0 Å². The van der Waals surface area contributed by atoms with Crippen molar-refractivity contribution in [2.75, 3.05) is 19.5 Å². The summed E-state index contributed by atoms with van der Waals surface area (Å²) < 4.78 is 12.9. The molecule has 2 heterocycles. The van der Waals surface area contributed by atoms with Gasteiger partial charge < -0.3 is 19.6 Å². The summed E-state index contributed by atoms with van der Waals surface area (Å²) >= 11 is 6.29. The highest BCUT2D eigenvalue weighted by Gasteiger charge is 2.52. The minimum atomic E-state index is -0.733. The quantitative estimate of drug-likeness (QED) is 0.647. The van der Waals surface area contributed by atoms with Gasteiger partial charge >= 0.3 is 0 Å². The van der Waals surface area contributed by atoms with Crippen LogP contribution in [0.15, 0.2) is 29.7 Å². The van der Waals surface area contributed by atoms with Gasteiger partial charge in [0, 0.05) is 24.2 Å². The average molecular weight is 485 g/mol. The second-order valence-corrected chi connectivity index (χ2v) is 10.7. The van der Waals surface area contributed by atoms with Crippen LogP contribution in [0.4, 0.5) is 5.69 Å². The van der Waals surface area contributed by atoms with E-state index in [1.165, 1.54) is 38.5 Å². The lowest BCUT2D eigenvalue weighted by molar-refractivity contribution is -0.125. The Morgan fingerprint density at radius 1 is 1.12 bits per heavy atom. The van der Waals surface area contributed by atoms with Crippen molar-refractivity contribution in [3.8, 4) is 11.5 Å². The first-order chi connectivity index (χ1) is 16.5. The maximum Gasteiger partial charge on any atom is 0.268 e. The summed E-state index contributed by atoms with van der Waals surface area (Å²) in [5.41, 5.74) is 2.11. The molecule has 2 aromatic rings. The number of hydrogen-bond acceptors (Lipinski definition) is 6. The van der Waals surface area contributed by atoms with Crippen molar-refractivity contribution in [3.05, 3.63) is 35.1 Å². The van der Waals surface area contributed by atoms with Gasteiger partial charge in [0.1, 0.15) is 11.5 Å². The van der Waals surface area contributed by atoms with Gasteiger partial charge in [-0.25, -0.2) is 0 Å². The van der Waals surface area contributed by atoms with Crippen molar-refractivity contribution in [2.45, 2.75) is 56.6 Å². The van der Waals surface area contributed by atoms with Crippen molar-refractivity contribution in [3.63, 3.8) is 0 Å². The van der Waals surface area contributed by atoms with Gasteiger partial charge in [0.05, 0.1) is 42.4 Å². The third-order valence-electron chi connectivity index (χ3n) is 8.09. The molecule has 1 aliphatic heterocycles. The van der Waals surface area contributed by atoms with E-state index in [4.69, 9.17) is 25.9 Å². The molecular weight excluding hydrogens is 456 g/mol. The average Bonchev–Trinajstić information content (AvgIpc) is 3.48. The van der Waals surface area contributed by atoms with Crippen molar-refractivity contribution in [1.82, 2.24) is 9.78 Å². The molecule has 1 aromatic heterocycles. The van der Waals surface area contributed by atoms with Crippen molar-refractivity contribution >= 4 is 28.9 Å². The number of methoxy groups -OCH3 is 2. The summed E-state index contributed by atoms with van der Waals surface area (Å²) in [6, 6.07) is 3.42. The number of carbonyl (C=O) groups excluding carboxylic acids is 1. The number of hydrogen-bond donors (Lipinski definition) is 1. The number of rotatable bonds is 6. The zero-order chi connectivity index (χ0) is 23.4. The lowest BCUT2D eigenvalue weighted by Crippen LogP contribution is -2.52. The van der Waals surface area contributed by atoms with Gasteiger partial charge in [0.2, 0.25) is 6.10 Å². The van der Waals surface area contributed by atoms with Crippen LogP contribution in [-0.4, -0.2) is 41.7 Å². The van der Waals surface area contributed by atoms with Gasteiger partial charge in [-0.2, -0.15) is 5.10 Å². The van der Waals surface area contributed by atoms with E-state index in [-0.39, 0.29) is 11.4 Å². The van der Waals surface area contributed by atoms with Crippen molar-refractivity contribution in [1.29, 1.82) is 0 Å². The van der Waals surface area contributed by atoms with Crippen LogP contribution in [0.1, 0.15) is 50.5 Å². The van der Waals surface area contributed by atoms with Crippen LogP contribution in [-0.2, 0) is 15.2 Å². The van der Waals surface area contributed by atoms with E-state index in [0.717, 1.165) is 17.8 Å². The highest BCUT2D eigenvalue weighted by atomic mass is 35.5. The highest BCUT2D eigenvalue weighted by Crippen LogP contribution is 2.58. The molecule has 180 valence electrons. The van der Waals surface area contributed by atoms with Crippen LogP contribution >= 0.6 is 11.6 Å². The Kier molecular flexibility index (Phi) is 5.24. The standard InChI is InChI=1S/C25H29ClN4O4/c1-32-21-8-22(33-2)19(26)6-18(21)20-7-23(34-29-20)24(31)28-17-12-27-30(13-17)25-9-14-3-15(10-25)5-16(4-14)11-25/h6,8,12-16,23H,3-5,7,9-11H2,1-2H3,(H,28,31)/t14?,15?,16?,23-,25?/m0/s1. The molecule has 5 aliphatic rings. The first-order valence-electron chi connectivity index (χ1n) is 12.0. The van der Waals surface area contributed by atoms with E-state index in [1.807, 2.05) is 6.20 Å². The predicted molar refractivity (Wildman–Crippen MR) is 128 cm³/mol. The molecule has 0 saturated heterocycles. The lowest BCUT2D eigenvalue weighted by atomic mass is 9.53. The fraction of sp³-hybridized carbons (Fsp3) is 0.560. The molecule has 4 fully saturated rings. The maximum absolute atomic E-state index is 12.9. The van der Waals surface area contributed by atoms with Gasteiger partial charge in [0.15, 0.2) is 0 Å². The summed E-state index contributed by atoms with van der Waals surface area (Å²) in [6.45, 7) is 0. The van der Waals surface area contributed by atoms with Gasteiger partial charge in [-0.15, -0.1) is 0 Å². The SMILES string of the molecule is COc1cc(OC)c(C2=NO[C@H](C(=O)Nc3cnn(C45CC6CC(CC(C6)C4)C5)c3)C2)cc1Cl. The van der Waals surface area contributed by atoms with E-state index in [9.17, 15) is 4.79 Å². The van der Waals surface area contributed by atoms with Crippen LogP contribution in [0.3, 0.4) is 0 Å². The molecule has 0 radical (unpaired) electrons. The number of oxime groups is 1. The van der Waals surface area contributed by atoms with Crippen LogP contribution in [0.2, 0.25) is 5.02 Å². The molecule has 0 spiro atoms. The molecule has 4 bridgehead atoms. The molecule has 9 heteroatoms. The Hall–Kier alpha value is -2.74. The predicted octanol–water partition coefficient (Wildman–Crippen LogP) is 4.61. The second-order valence-electron chi connectivity index (χ2n) is 10.3. The van der Waals surface area contributed by atoms with Crippen LogP contribution in [0.25, 0.3) is 0 Å². The number of anilines is 1. The number of amides is 1. The molecule has 34 heavy (non-hydrogen) atoms. The highest BCUT2D eigenvalue weighted by molar-refractivity contribution is 6.32. The number of nitrogens with zero attached hydrogens (tertiary/aromatic N) is 3. The van der Waals surface area contributed by atoms with E-state index < -0.39 is 6.10 Å². The largest absolute Gasteiger partial charge is 0.496 e.